The molecule has 0 saturated carbocycles. The SMILES string of the molecule is CCc1nc2ccc(C)cn2c1C(=O)NCc1ccccc1OC. The highest BCUT2D eigenvalue weighted by Crippen LogP contribution is 2.18. The van der Waals surface area contributed by atoms with Crippen molar-refractivity contribution in [2.24, 2.45) is 0 Å². The molecule has 0 aliphatic carbocycles. The highest BCUT2D eigenvalue weighted by molar-refractivity contribution is 5.94. The number of rotatable bonds is 5. The molecule has 0 aliphatic heterocycles. The number of benzene rings is 1. The maximum Gasteiger partial charge on any atom is 0.270 e. The van der Waals surface area contributed by atoms with Crippen LogP contribution in [0.5, 0.6) is 5.75 Å². The van der Waals surface area contributed by atoms with E-state index >= 15 is 0 Å². The van der Waals surface area contributed by atoms with Gasteiger partial charge < -0.3 is 10.1 Å². The fourth-order valence-corrected chi connectivity index (χ4v) is 2.79. The number of hydrogen-bond donors (Lipinski definition) is 1. The van der Waals surface area contributed by atoms with Gasteiger partial charge in [0.2, 0.25) is 0 Å². The third kappa shape index (κ3) is 2.97. The van der Waals surface area contributed by atoms with Gasteiger partial charge in [-0.25, -0.2) is 4.98 Å². The predicted octanol–water partition coefficient (Wildman–Crippen LogP) is 3.14. The van der Waals surface area contributed by atoms with Crippen LogP contribution in [0.3, 0.4) is 0 Å². The average molecular weight is 323 g/mol. The standard InChI is InChI=1S/C19H21N3O2/c1-4-15-18(22-12-13(2)9-10-17(22)21-15)19(23)20-11-14-7-5-6-8-16(14)24-3/h5-10,12H,4,11H2,1-3H3,(H,20,23). The molecule has 0 aliphatic rings. The van der Waals surface area contributed by atoms with Gasteiger partial charge in [-0.05, 0) is 31.0 Å². The summed E-state index contributed by atoms with van der Waals surface area (Å²) in [7, 11) is 1.63. The molecule has 2 aromatic heterocycles. The molecule has 0 spiro atoms. The first kappa shape index (κ1) is 16.1. The molecule has 0 fully saturated rings. The molecule has 3 rings (SSSR count). The van der Waals surface area contributed by atoms with Crippen molar-refractivity contribution in [3.8, 4) is 5.75 Å². The first-order chi connectivity index (χ1) is 11.6. The molecule has 2 heterocycles. The van der Waals surface area contributed by atoms with E-state index in [4.69, 9.17) is 4.74 Å². The first-order valence-electron chi connectivity index (χ1n) is 8.01. The highest BCUT2D eigenvalue weighted by Gasteiger charge is 2.18. The molecule has 5 heteroatoms. The Morgan fingerprint density at radius 2 is 2.04 bits per heavy atom. The second-order valence-corrected chi connectivity index (χ2v) is 5.69. The van der Waals surface area contributed by atoms with Crippen molar-refractivity contribution in [3.63, 3.8) is 0 Å². The molecule has 0 unspecified atom stereocenters. The van der Waals surface area contributed by atoms with E-state index in [9.17, 15) is 4.79 Å². The van der Waals surface area contributed by atoms with Crippen molar-refractivity contribution in [1.29, 1.82) is 0 Å². The number of para-hydroxylation sites is 1. The zero-order valence-electron chi connectivity index (χ0n) is 14.2. The monoisotopic (exact) mass is 323 g/mol. The van der Waals surface area contributed by atoms with E-state index in [0.29, 0.717) is 18.7 Å². The smallest absolute Gasteiger partial charge is 0.270 e. The van der Waals surface area contributed by atoms with Crippen molar-refractivity contribution in [2.45, 2.75) is 26.8 Å². The molecule has 3 aromatic rings. The summed E-state index contributed by atoms with van der Waals surface area (Å²) < 4.78 is 7.20. The lowest BCUT2D eigenvalue weighted by Crippen LogP contribution is -2.25. The summed E-state index contributed by atoms with van der Waals surface area (Å²) in [6.45, 7) is 4.41. The van der Waals surface area contributed by atoms with Gasteiger partial charge in [-0.15, -0.1) is 0 Å². The Hall–Kier alpha value is -2.82. The summed E-state index contributed by atoms with van der Waals surface area (Å²) in [5.41, 5.74) is 4.22. The molecule has 1 N–H and O–H groups in total. The Morgan fingerprint density at radius 3 is 2.79 bits per heavy atom. The second kappa shape index (κ2) is 6.74. The van der Waals surface area contributed by atoms with Crippen LogP contribution in [0, 0.1) is 6.92 Å². The largest absolute Gasteiger partial charge is 0.496 e. The number of carbonyl (C=O) groups excluding carboxylic acids is 1. The molecule has 5 nitrogen and oxygen atoms in total. The zero-order valence-corrected chi connectivity index (χ0v) is 14.2. The Morgan fingerprint density at radius 1 is 1.25 bits per heavy atom. The topological polar surface area (TPSA) is 55.6 Å². The third-order valence-corrected chi connectivity index (χ3v) is 4.02. The van der Waals surface area contributed by atoms with Crippen LogP contribution in [-0.2, 0) is 13.0 Å². The maximum atomic E-state index is 12.8. The van der Waals surface area contributed by atoms with Crippen LogP contribution in [0.4, 0.5) is 0 Å². The lowest BCUT2D eigenvalue weighted by atomic mass is 10.2. The minimum Gasteiger partial charge on any atom is -0.496 e. The number of nitrogens with one attached hydrogen (secondary N) is 1. The van der Waals surface area contributed by atoms with E-state index < -0.39 is 0 Å². The van der Waals surface area contributed by atoms with Gasteiger partial charge in [0.25, 0.3) is 5.91 Å². The number of aromatic nitrogens is 2. The lowest BCUT2D eigenvalue weighted by Gasteiger charge is -2.10. The first-order valence-corrected chi connectivity index (χ1v) is 8.01. The van der Waals surface area contributed by atoms with Gasteiger partial charge in [0.05, 0.1) is 12.8 Å². The Labute approximate surface area is 141 Å². The average Bonchev–Trinajstić information content (AvgIpc) is 2.97. The zero-order chi connectivity index (χ0) is 17.1. The molecule has 1 aromatic carbocycles. The number of methoxy groups -OCH3 is 1. The van der Waals surface area contributed by atoms with Crippen molar-refractivity contribution < 1.29 is 9.53 Å². The van der Waals surface area contributed by atoms with Gasteiger partial charge in [0, 0.05) is 18.3 Å². The fourth-order valence-electron chi connectivity index (χ4n) is 2.79. The van der Waals surface area contributed by atoms with E-state index in [0.717, 1.165) is 28.2 Å². The molecule has 1 amide bonds. The van der Waals surface area contributed by atoms with Crippen LogP contribution in [0.1, 0.15) is 34.2 Å². The lowest BCUT2D eigenvalue weighted by molar-refractivity contribution is 0.0944. The van der Waals surface area contributed by atoms with Gasteiger partial charge in [-0.1, -0.05) is 31.2 Å². The molecule has 24 heavy (non-hydrogen) atoms. The molecule has 0 bridgehead atoms. The normalized spacial score (nSPS) is 10.8. The van der Waals surface area contributed by atoms with Crippen LogP contribution in [0.2, 0.25) is 0 Å². The maximum absolute atomic E-state index is 12.8. The molecular formula is C19H21N3O2. The molecule has 0 radical (unpaired) electrons. The van der Waals surface area contributed by atoms with Crippen LogP contribution < -0.4 is 10.1 Å². The minimum atomic E-state index is -0.129. The Bertz CT molecular complexity index is 883. The summed E-state index contributed by atoms with van der Waals surface area (Å²) in [5, 5.41) is 2.98. The number of nitrogens with zero attached hydrogens (tertiary/aromatic N) is 2. The van der Waals surface area contributed by atoms with Gasteiger partial charge in [0.1, 0.15) is 17.1 Å². The summed E-state index contributed by atoms with van der Waals surface area (Å²) in [6.07, 6.45) is 2.65. The summed E-state index contributed by atoms with van der Waals surface area (Å²) >= 11 is 0. The Kier molecular flexibility index (Phi) is 4.51. The van der Waals surface area contributed by atoms with E-state index in [1.807, 2.05) is 60.8 Å². The summed E-state index contributed by atoms with van der Waals surface area (Å²) in [4.78, 5) is 17.3. The summed E-state index contributed by atoms with van der Waals surface area (Å²) in [6, 6.07) is 11.6. The number of pyridine rings is 1. The minimum absolute atomic E-state index is 0.129. The Balaban J connectivity index is 1.90. The van der Waals surface area contributed by atoms with E-state index in [1.165, 1.54) is 0 Å². The number of carbonyl (C=O) groups is 1. The van der Waals surface area contributed by atoms with Crippen molar-refractivity contribution in [3.05, 3.63) is 65.1 Å². The number of amides is 1. The number of fused-ring (bicyclic) bond motifs is 1. The molecule has 0 saturated heterocycles. The highest BCUT2D eigenvalue weighted by atomic mass is 16.5. The van der Waals surface area contributed by atoms with Gasteiger partial charge in [0.15, 0.2) is 0 Å². The van der Waals surface area contributed by atoms with E-state index in [2.05, 4.69) is 10.3 Å². The van der Waals surface area contributed by atoms with Gasteiger partial charge in [-0.3, -0.25) is 9.20 Å². The van der Waals surface area contributed by atoms with Crippen LogP contribution in [-0.4, -0.2) is 22.4 Å². The number of imidazole rings is 1. The van der Waals surface area contributed by atoms with Crippen LogP contribution in [0.15, 0.2) is 42.6 Å². The predicted molar refractivity (Wildman–Crippen MR) is 93.5 cm³/mol. The number of ether oxygens (including phenoxy) is 1. The summed E-state index contributed by atoms with van der Waals surface area (Å²) in [5.74, 6) is 0.637. The van der Waals surface area contributed by atoms with Crippen LogP contribution >= 0.6 is 0 Å². The van der Waals surface area contributed by atoms with E-state index in [-0.39, 0.29) is 5.91 Å². The molecule has 0 atom stereocenters. The quantitative estimate of drug-likeness (QED) is 0.785. The van der Waals surface area contributed by atoms with Crippen molar-refractivity contribution >= 4 is 11.6 Å². The number of aryl methyl sites for hydroxylation is 2. The van der Waals surface area contributed by atoms with Gasteiger partial charge >= 0.3 is 0 Å². The van der Waals surface area contributed by atoms with E-state index in [1.54, 1.807) is 7.11 Å². The van der Waals surface area contributed by atoms with Crippen molar-refractivity contribution in [1.82, 2.24) is 14.7 Å². The number of hydrogen-bond acceptors (Lipinski definition) is 3. The molecule has 124 valence electrons. The second-order valence-electron chi connectivity index (χ2n) is 5.69. The third-order valence-electron chi connectivity index (χ3n) is 4.02. The van der Waals surface area contributed by atoms with Crippen molar-refractivity contribution in [2.75, 3.05) is 7.11 Å². The van der Waals surface area contributed by atoms with Gasteiger partial charge in [-0.2, -0.15) is 0 Å². The van der Waals surface area contributed by atoms with Crippen LogP contribution in [0.25, 0.3) is 5.65 Å². The molecular weight excluding hydrogens is 302 g/mol. The fraction of sp³-hybridized carbons (Fsp3) is 0.263.